The first kappa shape index (κ1) is 14.9. The third-order valence-electron chi connectivity index (χ3n) is 4.37. The molecule has 0 bridgehead atoms. The topological polar surface area (TPSA) is 52.9 Å². The summed E-state index contributed by atoms with van der Waals surface area (Å²) in [5.74, 6) is 0.625. The summed E-state index contributed by atoms with van der Waals surface area (Å²) in [7, 11) is 0. The van der Waals surface area contributed by atoms with Crippen LogP contribution in [0.25, 0.3) is 0 Å². The second-order valence-corrected chi connectivity index (χ2v) is 8.78. The Morgan fingerprint density at radius 3 is 2.86 bits per heavy atom. The zero-order chi connectivity index (χ0) is 15.3. The van der Waals surface area contributed by atoms with Crippen molar-refractivity contribution in [3.05, 3.63) is 29.8 Å². The maximum absolute atomic E-state index is 13.0. The molecule has 22 heavy (non-hydrogen) atoms. The highest BCUT2D eigenvalue weighted by atomic mass is 32.2. The van der Waals surface area contributed by atoms with Gasteiger partial charge in [0.05, 0.1) is 17.9 Å². The van der Waals surface area contributed by atoms with Crippen LogP contribution in [0.5, 0.6) is 0 Å². The monoisotopic (exact) mass is 352 g/mol. The maximum Gasteiger partial charge on any atom is 0.249 e. The van der Waals surface area contributed by atoms with Crippen LogP contribution in [-0.4, -0.2) is 57.0 Å². The number of hydrogen-bond acceptors (Lipinski definition) is 6. The summed E-state index contributed by atoms with van der Waals surface area (Å²) in [6.07, 6.45) is 1.42. The van der Waals surface area contributed by atoms with E-state index in [4.69, 9.17) is 0 Å². The number of aliphatic hydroxyl groups is 1. The van der Waals surface area contributed by atoms with Crippen molar-refractivity contribution in [3.63, 3.8) is 0 Å². The van der Waals surface area contributed by atoms with E-state index < -0.39 is 10.9 Å². The van der Waals surface area contributed by atoms with Gasteiger partial charge in [0.2, 0.25) is 5.91 Å². The zero-order valence-electron chi connectivity index (χ0n) is 12.1. The van der Waals surface area contributed by atoms with Crippen molar-refractivity contribution in [3.8, 4) is 0 Å². The average molecular weight is 353 g/mol. The number of amidine groups is 1. The van der Waals surface area contributed by atoms with E-state index in [-0.39, 0.29) is 11.2 Å². The van der Waals surface area contributed by atoms with Crippen LogP contribution in [-0.2, 0) is 4.79 Å². The molecule has 1 N–H and O–H groups in total. The number of carbonyl (C=O) groups is 1. The van der Waals surface area contributed by atoms with E-state index >= 15 is 0 Å². The lowest BCUT2D eigenvalue weighted by Gasteiger charge is -2.30. The minimum absolute atomic E-state index is 0.0239. The number of carbonyl (C=O) groups excluding carboxylic acids is 1. The Balaban J connectivity index is 1.74. The summed E-state index contributed by atoms with van der Waals surface area (Å²) in [5.41, 5.74) is 1.11. The van der Waals surface area contributed by atoms with Crippen molar-refractivity contribution in [2.45, 2.75) is 21.0 Å². The van der Waals surface area contributed by atoms with Crippen molar-refractivity contribution in [1.29, 1.82) is 0 Å². The average Bonchev–Trinajstić information content (AvgIpc) is 3.19. The van der Waals surface area contributed by atoms with Gasteiger partial charge in [0, 0.05) is 17.2 Å². The van der Waals surface area contributed by atoms with E-state index in [1.807, 2.05) is 6.26 Å². The lowest BCUT2D eigenvalue weighted by Crippen LogP contribution is -2.48. The van der Waals surface area contributed by atoms with Crippen molar-refractivity contribution in [1.82, 2.24) is 4.90 Å². The van der Waals surface area contributed by atoms with Crippen LogP contribution in [0, 0.1) is 0 Å². The molecular formula is C15H16N2O2S3. The first-order valence-electron chi connectivity index (χ1n) is 7.16. The van der Waals surface area contributed by atoms with Crippen LogP contribution >= 0.6 is 35.3 Å². The molecule has 1 amide bonds. The third-order valence-corrected chi connectivity index (χ3v) is 8.30. The number of nitrogens with zero attached hydrogens (tertiary/aromatic N) is 2. The normalized spacial score (nSPS) is 33.6. The zero-order valence-corrected chi connectivity index (χ0v) is 14.5. The molecule has 2 fully saturated rings. The molecule has 1 aromatic carbocycles. The second kappa shape index (κ2) is 5.47. The van der Waals surface area contributed by atoms with E-state index in [1.165, 1.54) is 16.7 Å². The van der Waals surface area contributed by atoms with Gasteiger partial charge in [-0.05, 0) is 24.0 Å². The molecule has 7 heteroatoms. The fraction of sp³-hybridized carbons (Fsp3) is 0.467. The quantitative estimate of drug-likeness (QED) is 0.828. The van der Waals surface area contributed by atoms with Crippen molar-refractivity contribution in [2.24, 2.45) is 4.99 Å². The van der Waals surface area contributed by atoms with Gasteiger partial charge in [-0.15, -0.1) is 23.5 Å². The summed E-state index contributed by atoms with van der Waals surface area (Å²) < 4.78 is -0.801. The highest BCUT2D eigenvalue weighted by Gasteiger charge is 2.64. The Kier molecular flexibility index (Phi) is 3.71. The summed E-state index contributed by atoms with van der Waals surface area (Å²) in [6, 6.07) is 8.34. The Morgan fingerprint density at radius 1 is 1.41 bits per heavy atom. The maximum atomic E-state index is 13.0. The van der Waals surface area contributed by atoms with Gasteiger partial charge in [-0.3, -0.25) is 14.7 Å². The fourth-order valence-electron chi connectivity index (χ4n) is 3.22. The highest BCUT2D eigenvalue weighted by molar-refractivity contribution is 8.17. The molecule has 3 heterocycles. The minimum atomic E-state index is -0.801. The van der Waals surface area contributed by atoms with E-state index in [0.29, 0.717) is 18.8 Å². The molecule has 0 radical (unpaired) electrons. The first-order chi connectivity index (χ1) is 10.7. The van der Waals surface area contributed by atoms with Crippen LogP contribution < -0.4 is 0 Å². The number of thioether (sulfide) groups is 3. The van der Waals surface area contributed by atoms with Gasteiger partial charge >= 0.3 is 0 Å². The number of hydrogen-bond donors (Lipinski definition) is 1. The lowest BCUT2D eigenvalue weighted by atomic mass is 9.92. The van der Waals surface area contributed by atoms with Crippen LogP contribution in [0.3, 0.4) is 0 Å². The van der Waals surface area contributed by atoms with Crippen LogP contribution in [0.1, 0.15) is 10.8 Å². The fourth-order valence-corrected chi connectivity index (χ4v) is 6.97. The highest BCUT2D eigenvalue weighted by Crippen LogP contribution is 2.59. The van der Waals surface area contributed by atoms with E-state index in [2.05, 4.69) is 29.3 Å². The summed E-state index contributed by atoms with van der Waals surface area (Å²) >= 11 is 4.85. The predicted octanol–water partition coefficient (Wildman–Crippen LogP) is 2.24. The molecule has 1 aromatic rings. The lowest BCUT2D eigenvalue weighted by molar-refractivity contribution is -0.131. The van der Waals surface area contributed by atoms with Gasteiger partial charge in [0.1, 0.15) is 4.75 Å². The Hall–Kier alpha value is -0.630. The van der Waals surface area contributed by atoms with E-state index in [1.54, 1.807) is 28.4 Å². The van der Waals surface area contributed by atoms with Crippen molar-refractivity contribution >= 4 is 46.4 Å². The molecule has 3 aliphatic rings. The van der Waals surface area contributed by atoms with Gasteiger partial charge in [0.15, 0.2) is 5.17 Å². The molecule has 3 unspecified atom stereocenters. The Labute approximate surface area is 142 Å². The number of benzene rings is 1. The summed E-state index contributed by atoms with van der Waals surface area (Å²) in [4.78, 5) is 20.4. The Morgan fingerprint density at radius 2 is 2.18 bits per heavy atom. The number of amides is 1. The van der Waals surface area contributed by atoms with Crippen molar-refractivity contribution < 1.29 is 9.90 Å². The van der Waals surface area contributed by atoms with Gasteiger partial charge < -0.3 is 5.11 Å². The van der Waals surface area contributed by atoms with Gasteiger partial charge in [-0.25, -0.2) is 0 Å². The second-order valence-electron chi connectivity index (χ2n) is 5.52. The molecule has 3 aliphatic heterocycles. The number of aliphatic hydroxyl groups excluding tert-OH is 1. The smallest absolute Gasteiger partial charge is 0.249 e. The largest absolute Gasteiger partial charge is 0.390 e. The molecule has 4 nitrogen and oxygen atoms in total. The molecule has 2 saturated heterocycles. The molecule has 0 saturated carbocycles. The molecule has 3 atom stereocenters. The summed E-state index contributed by atoms with van der Waals surface area (Å²) in [5, 5.41) is 11.4. The molecule has 116 valence electrons. The standard InChI is InChI=1S/C15H16N2O2S3/c1-20-10-4-2-9(3-5-10)12-15(11(18)8-21-12)13(19)17-7-6-16-14(17)22-15/h2-5,11-12,18H,6-8H2,1H3. The van der Waals surface area contributed by atoms with E-state index in [0.717, 1.165) is 10.7 Å². The van der Waals surface area contributed by atoms with Crippen LogP contribution in [0.4, 0.5) is 0 Å². The minimum Gasteiger partial charge on any atom is -0.390 e. The Bertz CT molecular complexity index is 649. The third kappa shape index (κ3) is 1.99. The van der Waals surface area contributed by atoms with Gasteiger partial charge in [-0.1, -0.05) is 23.9 Å². The number of fused-ring (bicyclic) bond motifs is 1. The van der Waals surface area contributed by atoms with Gasteiger partial charge in [0.25, 0.3) is 0 Å². The molecule has 0 aliphatic carbocycles. The SMILES string of the molecule is CSc1ccc(C2SCC(O)C23SC2=NCCN2C3=O)cc1. The van der Waals surface area contributed by atoms with Crippen LogP contribution in [0.2, 0.25) is 0 Å². The number of rotatable bonds is 2. The van der Waals surface area contributed by atoms with Crippen LogP contribution in [0.15, 0.2) is 34.2 Å². The van der Waals surface area contributed by atoms with Crippen molar-refractivity contribution in [2.75, 3.05) is 25.1 Å². The molecule has 0 aromatic heterocycles. The predicted molar refractivity (Wildman–Crippen MR) is 93.8 cm³/mol. The summed E-state index contributed by atoms with van der Waals surface area (Å²) in [6.45, 7) is 1.33. The molecular weight excluding hydrogens is 336 g/mol. The first-order valence-corrected chi connectivity index (χ1v) is 10.2. The number of aliphatic imine (C=N–C) groups is 1. The molecule has 1 spiro atoms. The molecule has 4 rings (SSSR count). The van der Waals surface area contributed by atoms with Gasteiger partial charge in [-0.2, -0.15) is 0 Å². The van der Waals surface area contributed by atoms with E-state index in [9.17, 15) is 9.90 Å².